The molecule has 5 nitrogen and oxygen atoms in total. The Balaban J connectivity index is 1.45. The number of hydrogen-bond donors (Lipinski definition) is 2. The van der Waals surface area contributed by atoms with Crippen LogP contribution in [0.25, 0.3) is 5.65 Å². The van der Waals surface area contributed by atoms with Gasteiger partial charge in [0.1, 0.15) is 5.65 Å². The summed E-state index contributed by atoms with van der Waals surface area (Å²) in [5.41, 5.74) is 6.13. The molecule has 1 aromatic carbocycles. The summed E-state index contributed by atoms with van der Waals surface area (Å²) in [5.74, 6) is -0.391. The molecule has 2 aromatic heterocycles. The second-order valence-corrected chi connectivity index (χ2v) is 5.97. The molecule has 3 aromatic rings. The third-order valence-electron chi connectivity index (χ3n) is 4.14. The highest BCUT2D eigenvalue weighted by molar-refractivity contribution is 5.77. The quantitative estimate of drug-likeness (QED) is 0.399. The molecule has 0 aliphatic heterocycles. The van der Waals surface area contributed by atoms with Crippen LogP contribution in [0.5, 0.6) is 0 Å². The van der Waals surface area contributed by atoms with Crippen molar-refractivity contribution in [1.29, 1.82) is 0 Å². The van der Waals surface area contributed by atoms with E-state index in [0.29, 0.717) is 0 Å². The first-order valence-corrected chi connectivity index (χ1v) is 8.17. The van der Waals surface area contributed by atoms with Crippen molar-refractivity contribution in [1.82, 2.24) is 14.9 Å². The molecule has 0 atom stereocenters. The molecule has 0 aliphatic rings. The van der Waals surface area contributed by atoms with E-state index in [4.69, 9.17) is 5.21 Å². The van der Waals surface area contributed by atoms with Gasteiger partial charge in [0.2, 0.25) is 5.91 Å². The summed E-state index contributed by atoms with van der Waals surface area (Å²) >= 11 is 0. The lowest BCUT2D eigenvalue weighted by Gasteiger charge is -2.05. The lowest BCUT2D eigenvalue weighted by atomic mass is 10.0. The average Bonchev–Trinajstić information content (AvgIpc) is 3.07. The summed E-state index contributed by atoms with van der Waals surface area (Å²) in [4.78, 5) is 15.4. The molecule has 124 valence electrons. The maximum absolute atomic E-state index is 11.1. The highest BCUT2D eigenvalue weighted by Gasteiger charge is 2.02. The number of aryl methyl sites for hydroxylation is 2. The van der Waals surface area contributed by atoms with Crippen LogP contribution in [0.15, 0.2) is 55.0 Å². The van der Waals surface area contributed by atoms with E-state index >= 15 is 0 Å². The largest absolute Gasteiger partial charge is 0.307 e. The number of hydroxylamine groups is 1. The minimum absolute atomic E-state index is 0.202. The van der Waals surface area contributed by atoms with Gasteiger partial charge in [0.05, 0.1) is 6.42 Å². The third-order valence-corrected chi connectivity index (χ3v) is 4.14. The molecular formula is C19H21N3O2. The van der Waals surface area contributed by atoms with Crippen molar-refractivity contribution >= 4 is 11.6 Å². The SMILES string of the molecule is O=C(Cc1ccc(CCCCc2ccc3nccn3c2)cc1)NO. The molecule has 0 unspecified atom stereocenters. The van der Waals surface area contributed by atoms with Gasteiger partial charge in [-0.05, 0) is 48.4 Å². The van der Waals surface area contributed by atoms with Crippen molar-refractivity contribution in [3.8, 4) is 0 Å². The zero-order valence-electron chi connectivity index (χ0n) is 13.5. The highest BCUT2D eigenvalue weighted by Crippen LogP contribution is 2.12. The van der Waals surface area contributed by atoms with Crippen molar-refractivity contribution in [3.63, 3.8) is 0 Å². The van der Waals surface area contributed by atoms with Crippen molar-refractivity contribution in [2.24, 2.45) is 0 Å². The fourth-order valence-electron chi connectivity index (χ4n) is 2.82. The highest BCUT2D eigenvalue weighted by atomic mass is 16.5. The summed E-state index contributed by atoms with van der Waals surface area (Å²) in [6.45, 7) is 0. The van der Waals surface area contributed by atoms with E-state index in [1.54, 1.807) is 5.48 Å². The molecule has 0 aliphatic carbocycles. The Hall–Kier alpha value is -2.66. The number of unbranched alkanes of at least 4 members (excludes halogenated alkanes) is 1. The lowest BCUT2D eigenvalue weighted by Crippen LogP contribution is -2.20. The number of nitrogens with one attached hydrogen (secondary N) is 1. The van der Waals surface area contributed by atoms with Crippen molar-refractivity contribution < 1.29 is 10.0 Å². The first kappa shape index (κ1) is 16.2. The second-order valence-electron chi connectivity index (χ2n) is 5.97. The van der Waals surface area contributed by atoms with Gasteiger partial charge in [0, 0.05) is 18.6 Å². The minimum atomic E-state index is -0.391. The van der Waals surface area contributed by atoms with Crippen LogP contribution >= 0.6 is 0 Å². The van der Waals surface area contributed by atoms with Gasteiger partial charge in [-0.3, -0.25) is 10.0 Å². The smallest absolute Gasteiger partial charge is 0.247 e. The van der Waals surface area contributed by atoms with Crippen LogP contribution in [-0.2, 0) is 24.1 Å². The first-order chi connectivity index (χ1) is 11.7. The molecule has 3 rings (SSSR count). The van der Waals surface area contributed by atoms with E-state index in [0.717, 1.165) is 36.9 Å². The third kappa shape index (κ3) is 4.20. The summed E-state index contributed by atoms with van der Waals surface area (Å²) in [7, 11) is 0. The zero-order valence-corrected chi connectivity index (χ0v) is 13.5. The van der Waals surface area contributed by atoms with Crippen molar-refractivity contribution in [3.05, 3.63) is 71.7 Å². The van der Waals surface area contributed by atoms with E-state index in [9.17, 15) is 4.79 Å². The Bertz CT molecular complexity index is 809. The summed E-state index contributed by atoms with van der Waals surface area (Å²) in [6, 6.07) is 12.2. The number of carbonyl (C=O) groups is 1. The molecule has 0 bridgehead atoms. The van der Waals surface area contributed by atoms with Crippen LogP contribution in [0.4, 0.5) is 0 Å². The minimum Gasteiger partial charge on any atom is -0.307 e. The van der Waals surface area contributed by atoms with E-state index in [2.05, 4.69) is 39.8 Å². The van der Waals surface area contributed by atoms with E-state index in [1.807, 2.05) is 24.5 Å². The van der Waals surface area contributed by atoms with Crippen molar-refractivity contribution in [2.75, 3.05) is 0 Å². The van der Waals surface area contributed by atoms with Crippen LogP contribution < -0.4 is 5.48 Å². The van der Waals surface area contributed by atoms with Gasteiger partial charge in [-0.2, -0.15) is 0 Å². The molecule has 0 saturated carbocycles. The number of aromatic nitrogens is 2. The molecule has 0 radical (unpaired) electrons. The molecule has 2 N–H and O–H groups in total. The van der Waals surface area contributed by atoms with Crippen molar-refractivity contribution in [2.45, 2.75) is 32.1 Å². The number of nitrogens with zero attached hydrogens (tertiary/aromatic N) is 2. The molecule has 24 heavy (non-hydrogen) atoms. The Morgan fingerprint density at radius 1 is 1.00 bits per heavy atom. The maximum Gasteiger partial charge on any atom is 0.247 e. The number of imidazole rings is 1. The van der Waals surface area contributed by atoms with Gasteiger partial charge in [0.25, 0.3) is 0 Å². The van der Waals surface area contributed by atoms with Gasteiger partial charge in [-0.15, -0.1) is 0 Å². The van der Waals surface area contributed by atoms with Gasteiger partial charge in [-0.1, -0.05) is 30.3 Å². The average molecular weight is 323 g/mol. The Morgan fingerprint density at radius 3 is 2.42 bits per heavy atom. The maximum atomic E-state index is 11.1. The molecule has 0 saturated heterocycles. The van der Waals surface area contributed by atoms with E-state index in [1.165, 1.54) is 11.1 Å². The summed E-state index contributed by atoms with van der Waals surface area (Å²) in [6.07, 6.45) is 10.5. The van der Waals surface area contributed by atoms with Crippen LogP contribution in [0.1, 0.15) is 29.5 Å². The summed E-state index contributed by atoms with van der Waals surface area (Å²) < 4.78 is 2.05. The lowest BCUT2D eigenvalue weighted by molar-refractivity contribution is -0.128. The topological polar surface area (TPSA) is 66.6 Å². The number of benzene rings is 1. The predicted octanol–water partition coefficient (Wildman–Crippen LogP) is 2.95. The van der Waals surface area contributed by atoms with E-state index < -0.39 is 5.91 Å². The Morgan fingerprint density at radius 2 is 1.67 bits per heavy atom. The zero-order chi connectivity index (χ0) is 16.8. The molecule has 2 heterocycles. The number of fused-ring (bicyclic) bond motifs is 1. The van der Waals surface area contributed by atoms with E-state index in [-0.39, 0.29) is 6.42 Å². The fourth-order valence-corrected chi connectivity index (χ4v) is 2.82. The fraction of sp³-hybridized carbons (Fsp3) is 0.263. The number of carbonyl (C=O) groups excluding carboxylic acids is 1. The molecule has 0 spiro atoms. The number of pyridine rings is 1. The Labute approximate surface area is 140 Å². The number of rotatable bonds is 7. The normalized spacial score (nSPS) is 10.9. The predicted molar refractivity (Wildman–Crippen MR) is 91.9 cm³/mol. The van der Waals surface area contributed by atoms with Crippen LogP contribution in [0.2, 0.25) is 0 Å². The second kappa shape index (κ2) is 7.75. The summed E-state index contributed by atoms with van der Waals surface area (Å²) in [5, 5.41) is 8.53. The van der Waals surface area contributed by atoms with Gasteiger partial charge >= 0.3 is 0 Å². The standard InChI is InChI=1S/C19H21N3O2/c23-19(21-24)13-16-7-5-15(6-8-16)3-1-2-4-17-9-10-18-20-11-12-22(18)14-17/h5-12,14,24H,1-4,13H2,(H,21,23). The molecule has 1 amide bonds. The van der Waals surface area contributed by atoms with Gasteiger partial charge < -0.3 is 4.40 Å². The molecule has 0 fully saturated rings. The Kier molecular flexibility index (Phi) is 5.23. The van der Waals surface area contributed by atoms with Crippen LogP contribution in [-0.4, -0.2) is 20.5 Å². The molecular weight excluding hydrogens is 302 g/mol. The first-order valence-electron chi connectivity index (χ1n) is 8.17. The molecule has 5 heteroatoms. The van der Waals surface area contributed by atoms with Crippen LogP contribution in [0, 0.1) is 0 Å². The number of hydrogen-bond acceptors (Lipinski definition) is 3. The monoisotopic (exact) mass is 323 g/mol. The number of amides is 1. The van der Waals surface area contributed by atoms with Gasteiger partial charge in [-0.25, -0.2) is 10.5 Å². The van der Waals surface area contributed by atoms with Gasteiger partial charge in [0.15, 0.2) is 0 Å². The van der Waals surface area contributed by atoms with Crippen LogP contribution in [0.3, 0.4) is 0 Å².